The van der Waals surface area contributed by atoms with Crippen molar-refractivity contribution in [2.75, 3.05) is 31.1 Å². The van der Waals surface area contributed by atoms with Gasteiger partial charge in [-0.1, -0.05) is 30.3 Å². The number of aromatic nitrogens is 2. The van der Waals surface area contributed by atoms with Crippen LogP contribution < -0.4 is 16.0 Å². The second-order valence-electron chi connectivity index (χ2n) is 7.24. The van der Waals surface area contributed by atoms with Crippen molar-refractivity contribution in [3.05, 3.63) is 47.7 Å². The molecule has 11 heteroatoms. The van der Waals surface area contributed by atoms with Crippen LogP contribution in [0.15, 0.2) is 36.5 Å². The maximum Gasteiger partial charge on any atom is 0.407 e. The van der Waals surface area contributed by atoms with Crippen LogP contribution in [0, 0.1) is 0 Å². The highest BCUT2D eigenvalue weighted by molar-refractivity contribution is 6.38. The SMILES string of the molecule is Cn1cc(C(=O)NC(Cc2ccccc2)C(=O)C(N)=O)c(N2CCN(C(=O)O)CC2)n1. The van der Waals surface area contributed by atoms with Crippen LogP contribution in [0.2, 0.25) is 0 Å². The number of benzene rings is 1. The monoisotopic (exact) mass is 428 g/mol. The third-order valence-electron chi connectivity index (χ3n) is 5.05. The highest BCUT2D eigenvalue weighted by atomic mass is 16.4. The number of aryl methyl sites for hydroxylation is 1. The molecule has 0 spiro atoms. The first-order valence-corrected chi connectivity index (χ1v) is 9.71. The quantitative estimate of drug-likeness (QED) is 0.508. The molecule has 31 heavy (non-hydrogen) atoms. The lowest BCUT2D eigenvalue weighted by Crippen LogP contribution is -2.49. The Morgan fingerprint density at radius 2 is 1.77 bits per heavy atom. The number of rotatable bonds is 7. The highest BCUT2D eigenvalue weighted by Crippen LogP contribution is 2.20. The second-order valence-corrected chi connectivity index (χ2v) is 7.24. The maximum absolute atomic E-state index is 13.0. The molecule has 11 nitrogen and oxygen atoms in total. The van der Waals surface area contributed by atoms with Crippen molar-refractivity contribution < 1.29 is 24.3 Å². The lowest BCUT2D eigenvalue weighted by molar-refractivity contribution is -0.137. The summed E-state index contributed by atoms with van der Waals surface area (Å²) in [6.45, 7) is 1.31. The number of piperazine rings is 1. The number of carboxylic acid groups (broad SMARTS) is 1. The number of nitrogens with zero attached hydrogens (tertiary/aromatic N) is 4. The van der Waals surface area contributed by atoms with Crippen LogP contribution in [0.25, 0.3) is 0 Å². The van der Waals surface area contributed by atoms with Crippen molar-refractivity contribution >= 4 is 29.5 Å². The van der Waals surface area contributed by atoms with E-state index in [0.29, 0.717) is 18.9 Å². The van der Waals surface area contributed by atoms with Gasteiger partial charge in [0, 0.05) is 45.8 Å². The van der Waals surface area contributed by atoms with Crippen molar-refractivity contribution in [1.82, 2.24) is 20.0 Å². The van der Waals surface area contributed by atoms with E-state index in [0.717, 1.165) is 5.56 Å². The Hall–Kier alpha value is -3.89. The second kappa shape index (κ2) is 9.28. The predicted molar refractivity (Wildman–Crippen MR) is 111 cm³/mol. The number of anilines is 1. The summed E-state index contributed by atoms with van der Waals surface area (Å²) in [6, 6.07) is 7.84. The molecule has 1 aromatic heterocycles. The van der Waals surface area contributed by atoms with Crippen LogP contribution in [0.5, 0.6) is 0 Å². The van der Waals surface area contributed by atoms with Crippen LogP contribution in [0.3, 0.4) is 0 Å². The van der Waals surface area contributed by atoms with Crippen molar-refractivity contribution in [2.45, 2.75) is 12.5 Å². The molecule has 164 valence electrons. The molecule has 1 atom stereocenters. The number of amides is 3. The van der Waals surface area contributed by atoms with E-state index in [2.05, 4.69) is 10.4 Å². The van der Waals surface area contributed by atoms with E-state index in [4.69, 9.17) is 10.8 Å². The van der Waals surface area contributed by atoms with Gasteiger partial charge in [-0.05, 0) is 5.56 Å². The summed E-state index contributed by atoms with van der Waals surface area (Å²) in [7, 11) is 1.66. The number of nitrogens with one attached hydrogen (secondary N) is 1. The lowest BCUT2D eigenvalue weighted by Gasteiger charge is -2.33. The summed E-state index contributed by atoms with van der Waals surface area (Å²) in [5.41, 5.74) is 6.16. The zero-order valence-electron chi connectivity index (χ0n) is 17.0. The summed E-state index contributed by atoms with van der Waals surface area (Å²) < 4.78 is 1.47. The Kier molecular flexibility index (Phi) is 6.53. The van der Waals surface area contributed by atoms with Crippen LogP contribution in [0.4, 0.5) is 10.6 Å². The zero-order chi connectivity index (χ0) is 22.5. The first-order chi connectivity index (χ1) is 14.8. The van der Waals surface area contributed by atoms with E-state index >= 15 is 0 Å². The van der Waals surface area contributed by atoms with Gasteiger partial charge >= 0.3 is 6.09 Å². The summed E-state index contributed by atoms with van der Waals surface area (Å²) in [5, 5.41) is 16.1. The standard InChI is InChI=1S/C20H24N6O5/c1-24-12-14(18(23-24)25-7-9-26(10-8-25)20(30)31)19(29)22-15(16(27)17(21)28)11-13-5-3-2-4-6-13/h2-6,12,15H,7-11H2,1H3,(H2,21,28)(H,22,29)(H,30,31). The molecule has 0 radical (unpaired) electrons. The molecule has 3 amide bonds. The van der Waals surface area contributed by atoms with Gasteiger partial charge in [0.25, 0.3) is 11.8 Å². The van der Waals surface area contributed by atoms with Crippen LogP contribution in [0.1, 0.15) is 15.9 Å². The molecule has 0 bridgehead atoms. The van der Waals surface area contributed by atoms with Gasteiger partial charge in [0.2, 0.25) is 5.78 Å². The molecule has 0 aliphatic carbocycles. The first-order valence-electron chi connectivity index (χ1n) is 9.71. The molecule has 2 heterocycles. The van der Waals surface area contributed by atoms with E-state index < -0.39 is 29.7 Å². The summed E-state index contributed by atoms with van der Waals surface area (Å²) in [4.78, 5) is 51.1. The Labute approximate surface area is 178 Å². The topological polar surface area (TPSA) is 151 Å². The third-order valence-corrected chi connectivity index (χ3v) is 5.05. The fourth-order valence-electron chi connectivity index (χ4n) is 3.45. The number of hydrogen-bond donors (Lipinski definition) is 3. The minimum absolute atomic E-state index is 0.112. The molecule has 1 aliphatic rings. The molecule has 1 saturated heterocycles. The number of nitrogens with two attached hydrogens (primary N) is 1. The normalized spacial score (nSPS) is 14.7. The zero-order valence-corrected chi connectivity index (χ0v) is 17.0. The average Bonchev–Trinajstić information content (AvgIpc) is 3.15. The molecule has 1 aliphatic heterocycles. The summed E-state index contributed by atoms with van der Waals surface area (Å²) >= 11 is 0. The van der Waals surface area contributed by atoms with Crippen molar-refractivity contribution in [2.24, 2.45) is 12.8 Å². The van der Waals surface area contributed by atoms with Gasteiger partial charge in [-0.2, -0.15) is 5.10 Å². The minimum atomic E-state index is -1.13. The van der Waals surface area contributed by atoms with Crippen molar-refractivity contribution in [3.63, 3.8) is 0 Å². The number of ketones is 1. The Bertz CT molecular complexity index is 981. The number of hydrogen-bond acceptors (Lipinski definition) is 6. The number of carbonyl (C=O) groups is 4. The van der Waals surface area contributed by atoms with Gasteiger partial charge in [-0.3, -0.25) is 19.1 Å². The number of Topliss-reactive ketones (excluding diaryl/α,β-unsaturated/α-hetero) is 1. The van der Waals surface area contributed by atoms with E-state index in [-0.39, 0.29) is 25.1 Å². The molecular formula is C20H24N6O5. The number of carbonyl (C=O) groups excluding carboxylic acids is 3. The maximum atomic E-state index is 13.0. The smallest absolute Gasteiger partial charge is 0.407 e. The molecule has 1 fully saturated rings. The van der Waals surface area contributed by atoms with Gasteiger partial charge in [0.1, 0.15) is 11.6 Å². The van der Waals surface area contributed by atoms with E-state index in [1.54, 1.807) is 31.3 Å². The highest BCUT2D eigenvalue weighted by Gasteiger charge is 2.30. The van der Waals surface area contributed by atoms with Gasteiger partial charge in [-0.25, -0.2) is 4.79 Å². The van der Waals surface area contributed by atoms with Crippen LogP contribution in [-0.4, -0.2) is 75.7 Å². The van der Waals surface area contributed by atoms with Crippen molar-refractivity contribution in [1.29, 1.82) is 0 Å². The predicted octanol–water partition coefficient (Wildman–Crippen LogP) is -0.384. The Balaban J connectivity index is 1.78. The summed E-state index contributed by atoms with van der Waals surface area (Å²) in [5.74, 6) is -2.20. The molecule has 1 aromatic carbocycles. The van der Waals surface area contributed by atoms with Crippen molar-refractivity contribution in [3.8, 4) is 0 Å². The fourth-order valence-corrected chi connectivity index (χ4v) is 3.45. The van der Waals surface area contributed by atoms with Gasteiger partial charge in [-0.15, -0.1) is 0 Å². The van der Waals surface area contributed by atoms with Gasteiger partial charge < -0.3 is 26.0 Å². The Morgan fingerprint density at radius 3 is 2.35 bits per heavy atom. The molecular weight excluding hydrogens is 404 g/mol. The van der Waals surface area contributed by atoms with Crippen LogP contribution in [-0.2, 0) is 23.1 Å². The molecule has 4 N–H and O–H groups in total. The van der Waals surface area contributed by atoms with E-state index in [9.17, 15) is 19.2 Å². The number of primary amides is 1. The molecule has 1 unspecified atom stereocenters. The molecule has 3 rings (SSSR count). The average molecular weight is 428 g/mol. The minimum Gasteiger partial charge on any atom is -0.465 e. The van der Waals surface area contributed by atoms with E-state index in [1.165, 1.54) is 15.8 Å². The lowest BCUT2D eigenvalue weighted by atomic mass is 10.0. The van der Waals surface area contributed by atoms with E-state index in [1.807, 2.05) is 11.0 Å². The van der Waals surface area contributed by atoms with Gasteiger partial charge in [0.15, 0.2) is 5.82 Å². The molecule has 0 saturated carbocycles. The fraction of sp³-hybridized carbons (Fsp3) is 0.350. The molecule has 2 aromatic rings. The van der Waals surface area contributed by atoms with Crippen LogP contribution >= 0.6 is 0 Å². The van der Waals surface area contributed by atoms with Gasteiger partial charge in [0.05, 0.1) is 0 Å². The summed E-state index contributed by atoms with van der Waals surface area (Å²) in [6.07, 6.45) is 0.636. The largest absolute Gasteiger partial charge is 0.465 e. The Morgan fingerprint density at radius 1 is 1.13 bits per heavy atom. The first kappa shape index (κ1) is 21.8. The third kappa shape index (κ3) is 5.18.